The fourth-order valence-electron chi connectivity index (χ4n) is 2.03. The van der Waals surface area contributed by atoms with E-state index in [0.717, 1.165) is 12.8 Å². The first-order chi connectivity index (χ1) is 8.40. The molecule has 0 fully saturated rings. The highest BCUT2D eigenvalue weighted by Gasteiger charge is 2.42. The van der Waals surface area contributed by atoms with Crippen molar-refractivity contribution in [1.29, 1.82) is 0 Å². The lowest BCUT2D eigenvalue weighted by molar-refractivity contribution is -0.164. The Morgan fingerprint density at radius 3 is 2.11 bits per heavy atom. The van der Waals surface area contributed by atoms with Crippen molar-refractivity contribution < 1.29 is 14.3 Å². The van der Waals surface area contributed by atoms with Crippen molar-refractivity contribution in [3.05, 3.63) is 0 Å². The van der Waals surface area contributed by atoms with Crippen molar-refractivity contribution in [2.75, 3.05) is 19.8 Å². The fraction of sp³-hybridized carbons (Fsp3) is 0.933. The van der Waals surface area contributed by atoms with Crippen molar-refractivity contribution in [2.45, 2.75) is 54.4 Å². The standard InChI is InChI=1S/C15H30O3/c1-7-17-11-15(13(5)6,10-9-12(3)4)14(16)18-8-2/h12-13H,7-11H2,1-6H3. The van der Waals surface area contributed by atoms with E-state index < -0.39 is 5.41 Å². The summed E-state index contributed by atoms with van der Waals surface area (Å²) < 4.78 is 10.8. The van der Waals surface area contributed by atoms with Gasteiger partial charge in [0.15, 0.2) is 0 Å². The van der Waals surface area contributed by atoms with Gasteiger partial charge in [-0.3, -0.25) is 4.79 Å². The molecule has 3 heteroatoms. The summed E-state index contributed by atoms with van der Waals surface area (Å²) in [5, 5.41) is 0. The molecule has 0 bridgehead atoms. The van der Waals surface area contributed by atoms with Gasteiger partial charge in [-0.2, -0.15) is 0 Å². The van der Waals surface area contributed by atoms with E-state index in [1.165, 1.54) is 0 Å². The van der Waals surface area contributed by atoms with E-state index >= 15 is 0 Å². The highest BCUT2D eigenvalue weighted by molar-refractivity contribution is 5.77. The van der Waals surface area contributed by atoms with Crippen molar-refractivity contribution in [3.8, 4) is 0 Å². The summed E-state index contributed by atoms with van der Waals surface area (Å²) in [7, 11) is 0. The van der Waals surface area contributed by atoms with Crippen LogP contribution in [-0.4, -0.2) is 25.8 Å². The Balaban J connectivity index is 4.95. The van der Waals surface area contributed by atoms with Crippen LogP contribution in [0.25, 0.3) is 0 Å². The maximum absolute atomic E-state index is 12.3. The fourth-order valence-corrected chi connectivity index (χ4v) is 2.03. The molecule has 0 aliphatic heterocycles. The predicted molar refractivity (Wildman–Crippen MR) is 74.5 cm³/mol. The first-order valence-corrected chi connectivity index (χ1v) is 7.15. The van der Waals surface area contributed by atoms with Gasteiger partial charge in [0.2, 0.25) is 0 Å². The van der Waals surface area contributed by atoms with Crippen molar-refractivity contribution in [1.82, 2.24) is 0 Å². The molecule has 0 rings (SSSR count). The molecule has 0 spiro atoms. The quantitative estimate of drug-likeness (QED) is 0.592. The number of carbonyl (C=O) groups excluding carboxylic acids is 1. The second kappa shape index (κ2) is 8.52. The van der Waals surface area contributed by atoms with Crippen LogP contribution in [0.4, 0.5) is 0 Å². The van der Waals surface area contributed by atoms with Crippen LogP contribution in [0, 0.1) is 17.3 Å². The van der Waals surface area contributed by atoms with Gasteiger partial charge >= 0.3 is 5.97 Å². The van der Waals surface area contributed by atoms with Crippen LogP contribution in [0.5, 0.6) is 0 Å². The van der Waals surface area contributed by atoms with E-state index in [4.69, 9.17) is 9.47 Å². The third-order valence-corrected chi connectivity index (χ3v) is 3.52. The Kier molecular flexibility index (Phi) is 8.25. The zero-order chi connectivity index (χ0) is 14.2. The number of carbonyl (C=O) groups is 1. The Bertz CT molecular complexity index is 236. The van der Waals surface area contributed by atoms with Crippen molar-refractivity contribution in [3.63, 3.8) is 0 Å². The van der Waals surface area contributed by atoms with E-state index in [9.17, 15) is 4.79 Å². The molecule has 18 heavy (non-hydrogen) atoms. The van der Waals surface area contributed by atoms with Gasteiger partial charge in [-0.05, 0) is 38.5 Å². The summed E-state index contributed by atoms with van der Waals surface area (Å²) in [5.41, 5.74) is -0.490. The second-order valence-corrected chi connectivity index (χ2v) is 5.60. The molecule has 0 heterocycles. The van der Waals surface area contributed by atoms with E-state index in [1.807, 2.05) is 13.8 Å². The first kappa shape index (κ1) is 17.4. The van der Waals surface area contributed by atoms with Gasteiger partial charge in [-0.25, -0.2) is 0 Å². The third-order valence-electron chi connectivity index (χ3n) is 3.52. The van der Waals surface area contributed by atoms with E-state index in [1.54, 1.807) is 0 Å². The highest BCUT2D eigenvalue weighted by Crippen LogP contribution is 2.36. The summed E-state index contributed by atoms with van der Waals surface area (Å²) >= 11 is 0. The van der Waals surface area contributed by atoms with Crippen LogP contribution < -0.4 is 0 Å². The second-order valence-electron chi connectivity index (χ2n) is 5.60. The molecular formula is C15H30O3. The van der Waals surface area contributed by atoms with Gasteiger partial charge in [0.25, 0.3) is 0 Å². The van der Waals surface area contributed by atoms with E-state index in [2.05, 4.69) is 27.7 Å². The first-order valence-electron chi connectivity index (χ1n) is 7.15. The summed E-state index contributed by atoms with van der Waals surface area (Å²) in [6.07, 6.45) is 1.85. The molecule has 0 N–H and O–H groups in total. The number of hydrogen-bond donors (Lipinski definition) is 0. The monoisotopic (exact) mass is 258 g/mol. The van der Waals surface area contributed by atoms with Gasteiger partial charge in [0, 0.05) is 6.61 Å². The molecule has 0 saturated heterocycles. The molecule has 108 valence electrons. The molecule has 0 radical (unpaired) electrons. The third kappa shape index (κ3) is 4.97. The Morgan fingerprint density at radius 1 is 1.11 bits per heavy atom. The maximum Gasteiger partial charge on any atom is 0.314 e. The zero-order valence-electron chi connectivity index (χ0n) is 12.9. The average Bonchev–Trinajstić information content (AvgIpc) is 2.29. The van der Waals surface area contributed by atoms with Gasteiger partial charge in [0.1, 0.15) is 0 Å². The molecule has 3 nitrogen and oxygen atoms in total. The lowest BCUT2D eigenvalue weighted by Gasteiger charge is -2.35. The van der Waals surface area contributed by atoms with Crippen LogP contribution in [0.3, 0.4) is 0 Å². The Hall–Kier alpha value is -0.570. The molecule has 0 aromatic carbocycles. The van der Waals surface area contributed by atoms with Gasteiger partial charge in [0.05, 0.1) is 18.6 Å². The van der Waals surface area contributed by atoms with Gasteiger partial charge in [-0.15, -0.1) is 0 Å². The molecule has 0 aromatic rings. The Morgan fingerprint density at radius 2 is 1.72 bits per heavy atom. The minimum Gasteiger partial charge on any atom is -0.465 e. The largest absolute Gasteiger partial charge is 0.465 e. The van der Waals surface area contributed by atoms with Crippen LogP contribution in [-0.2, 0) is 14.3 Å². The maximum atomic E-state index is 12.3. The van der Waals surface area contributed by atoms with Crippen LogP contribution in [0.1, 0.15) is 54.4 Å². The molecular weight excluding hydrogens is 228 g/mol. The lowest BCUT2D eigenvalue weighted by atomic mass is 9.73. The van der Waals surface area contributed by atoms with Crippen LogP contribution >= 0.6 is 0 Å². The average molecular weight is 258 g/mol. The summed E-state index contributed by atoms with van der Waals surface area (Å²) in [4.78, 5) is 12.3. The molecule has 0 aliphatic carbocycles. The normalized spacial score (nSPS) is 14.9. The minimum atomic E-state index is -0.490. The van der Waals surface area contributed by atoms with Gasteiger partial charge < -0.3 is 9.47 Å². The number of rotatable bonds is 9. The lowest BCUT2D eigenvalue weighted by Crippen LogP contribution is -2.42. The van der Waals surface area contributed by atoms with E-state index in [0.29, 0.717) is 25.7 Å². The minimum absolute atomic E-state index is 0.103. The smallest absolute Gasteiger partial charge is 0.314 e. The molecule has 1 atom stereocenters. The van der Waals surface area contributed by atoms with E-state index in [-0.39, 0.29) is 11.9 Å². The van der Waals surface area contributed by atoms with Gasteiger partial charge in [-0.1, -0.05) is 27.7 Å². The molecule has 0 aliphatic rings. The van der Waals surface area contributed by atoms with Crippen LogP contribution in [0.2, 0.25) is 0 Å². The molecule has 0 saturated carbocycles. The SMILES string of the molecule is CCOCC(CCC(C)C)(C(=O)OCC)C(C)C. The predicted octanol–water partition coefficient (Wildman–Crippen LogP) is 3.66. The number of esters is 1. The van der Waals surface area contributed by atoms with Crippen LogP contribution in [0.15, 0.2) is 0 Å². The summed E-state index contributed by atoms with van der Waals surface area (Å²) in [6, 6.07) is 0. The number of hydrogen-bond acceptors (Lipinski definition) is 3. The number of ether oxygens (including phenoxy) is 2. The molecule has 0 amide bonds. The topological polar surface area (TPSA) is 35.5 Å². The summed E-state index contributed by atoms with van der Waals surface area (Å²) in [6.45, 7) is 13.9. The zero-order valence-corrected chi connectivity index (χ0v) is 12.9. The molecule has 0 aromatic heterocycles. The molecule has 1 unspecified atom stereocenters. The Labute approximate surface area is 112 Å². The van der Waals surface area contributed by atoms with Crippen molar-refractivity contribution in [2.24, 2.45) is 17.3 Å². The highest BCUT2D eigenvalue weighted by atomic mass is 16.5. The summed E-state index contributed by atoms with van der Waals surface area (Å²) in [5.74, 6) is 0.704. The van der Waals surface area contributed by atoms with Crippen molar-refractivity contribution >= 4 is 5.97 Å².